The van der Waals surface area contributed by atoms with Crippen LogP contribution >= 0.6 is 0 Å². The van der Waals surface area contributed by atoms with E-state index in [1.165, 1.54) is 6.07 Å². The Morgan fingerprint density at radius 2 is 1.95 bits per heavy atom. The van der Waals surface area contributed by atoms with E-state index in [4.69, 9.17) is 10.5 Å². The highest BCUT2D eigenvalue weighted by Crippen LogP contribution is 2.31. The molecular weight excluding hydrogens is 267 g/mol. The summed E-state index contributed by atoms with van der Waals surface area (Å²) >= 11 is 0. The number of rotatable bonds is 6. The van der Waals surface area contributed by atoms with Crippen molar-refractivity contribution < 1.29 is 9.13 Å². The van der Waals surface area contributed by atoms with Crippen molar-refractivity contribution >= 4 is 5.69 Å². The minimum atomic E-state index is -0.213. The molecule has 4 heteroatoms. The number of hydrogen-bond donors (Lipinski definition) is 1. The highest BCUT2D eigenvalue weighted by Gasteiger charge is 2.20. The number of benzene rings is 1. The van der Waals surface area contributed by atoms with Crippen LogP contribution < -0.4 is 15.4 Å². The van der Waals surface area contributed by atoms with Crippen LogP contribution in [0, 0.1) is 11.7 Å². The SMILES string of the molecule is CCC(CC)COc1ccc(F)cc1N1CCC(N)CC1. The second kappa shape index (κ2) is 7.64. The van der Waals surface area contributed by atoms with E-state index in [1.807, 2.05) is 0 Å². The summed E-state index contributed by atoms with van der Waals surface area (Å²) in [6, 6.07) is 5.07. The molecule has 0 saturated carbocycles. The maximum Gasteiger partial charge on any atom is 0.142 e. The Bertz CT molecular complexity index is 440. The first-order valence-corrected chi connectivity index (χ1v) is 8.06. The van der Waals surface area contributed by atoms with Crippen molar-refractivity contribution in [3.8, 4) is 5.75 Å². The molecule has 1 fully saturated rings. The van der Waals surface area contributed by atoms with Gasteiger partial charge >= 0.3 is 0 Å². The van der Waals surface area contributed by atoms with E-state index in [0.717, 1.165) is 50.2 Å². The van der Waals surface area contributed by atoms with Crippen LogP contribution in [0.1, 0.15) is 39.5 Å². The maximum absolute atomic E-state index is 13.6. The summed E-state index contributed by atoms with van der Waals surface area (Å²) in [5.41, 5.74) is 6.81. The van der Waals surface area contributed by atoms with E-state index in [2.05, 4.69) is 18.7 Å². The largest absolute Gasteiger partial charge is 0.491 e. The molecule has 2 rings (SSSR count). The van der Waals surface area contributed by atoms with Crippen molar-refractivity contribution in [2.45, 2.75) is 45.6 Å². The smallest absolute Gasteiger partial charge is 0.142 e. The summed E-state index contributed by atoms with van der Waals surface area (Å²) in [4.78, 5) is 2.19. The van der Waals surface area contributed by atoms with Crippen LogP contribution in [0.3, 0.4) is 0 Å². The van der Waals surface area contributed by atoms with Gasteiger partial charge in [0.25, 0.3) is 0 Å². The van der Waals surface area contributed by atoms with Crippen molar-refractivity contribution in [1.82, 2.24) is 0 Å². The fraction of sp³-hybridized carbons (Fsp3) is 0.647. The third kappa shape index (κ3) is 4.34. The summed E-state index contributed by atoms with van der Waals surface area (Å²) < 4.78 is 19.6. The normalized spacial score (nSPS) is 16.5. The summed E-state index contributed by atoms with van der Waals surface area (Å²) in [5, 5.41) is 0. The van der Waals surface area contributed by atoms with E-state index >= 15 is 0 Å². The topological polar surface area (TPSA) is 38.5 Å². The molecule has 118 valence electrons. The van der Waals surface area contributed by atoms with Crippen molar-refractivity contribution in [1.29, 1.82) is 0 Å². The lowest BCUT2D eigenvalue weighted by Gasteiger charge is -2.33. The van der Waals surface area contributed by atoms with Gasteiger partial charge in [-0.2, -0.15) is 0 Å². The minimum Gasteiger partial charge on any atom is -0.491 e. The van der Waals surface area contributed by atoms with E-state index in [1.54, 1.807) is 12.1 Å². The third-order valence-electron chi connectivity index (χ3n) is 4.43. The molecule has 0 amide bonds. The number of hydrogen-bond acceptors (Lipinski definition) is 3. The van der Waals surface area contributed by atoms with Gasteiger partial charge in [-0.3, -0.25) is 0 Å². The molecule has 0 radical (unpaired) electrons. The van der Waals surface area contributed by atoms with Gasteiger partial charge in [-0.05, 0) is 30.9 Å². The molecule has 0 aliphatic carbocycles. The zero-order chi connectivity index (χ0) is 15.2. The summed E-state index contributed by atoms with van der Waals surface area (Å²) in [6.07, 6.45) is 4.10. The van der Waals surface area contributed by atoms with Gasteiger partial charge in [0.15, 0.2) is 0 Å². The fourth-order valence-corrected chi connectivity index (χ4v) is 2.73. The Morgan fingerprint density at radius 3 is 2.57 bits per heavy atom. The zero-order valence-corrected chi connectivity index (χ0v) is 13.1. The number of piperidine rings is 1. The van der Waals surface area contributed by atoms with Gasteiger partial charge in [0.05, 0.1) is 12.3 Å². The van der Waals surface area contributed by atoms with Crippen molar-refractivity contribution in [3.05, 3.63) is 24.0 Å². The predicted octanol–water partition coefficient (Wildman–Crippen LogP) is 3.57. The van der Waals surface area contributed by atoms with Gasteiger partial charge in [0.1, 0.15) is 11.6 Å². The second-order valence-electron chi connectivity index (χ2n) is 5.93. The lowest BCUT2D eigenvalue weighted by molar-refractivity contribution is 0.240. The van der Waals surface area contributed by atoms with Crippen molar-refractivity contribution in [2.75, 3.05) is 24.6 Å². The first-order chi connectivity index (χ1) is 10.1. The van der Waals surface area contributed by atoms with E-state index in [0.29, 0.717) is 12.5 Å². The Hall–Kier alpha value is -1.29. The van der Waals surface area contributed by atoms with Crippen molar-refractivity contribution in [3.63, 3.8) is 0 Å². The lowest BCUT2D eigenvalue weighted by Crippen LogP contribution is -2.39. The first kappa shape index (κ1) is 16.1. The molecule has 1 saturated heterocycles. The molecule has 0 spiro atoms. The van der Waals surface area contributed by atoms with Gasteiger partial charge in [-0.25, -0.2) is 4.39 Å². The molecule has 0 atom stereocenters. The number of ether oxygens (including phenoxy) is 1. The molecule has 21 heavy (non-hydrogen) atoms. The maximum atomic E-state index is 13.6. The number of nitrogens with zero attached hydrogens (tertiary/aromatic N) is 1. The average molecular weight is 294 g/mol. The van der Waals surface area contributed by atoms with Crippen molar-refractivity contribution in [2.24, 2.45) is 11.7 Å². The molecule has 0 unspecified atom stereocenters. The lowest BCUT2D eigenvalue weighted by atomic mass is 10.0. The van der Waals surface area contributed by atoms with E-state index < -0.39 is 0 Å². The molecule has 1 aliphatic rings. The molecule has 1 aliphatic heterocycles. The van der Waals surface area contributed by atoms with Crippen LogP contribution in [0.5, 0.6) is 5.75 Å². The van der Waals surface area contributed by atoms with Crippen LogP contribution in [0.2, 0.25) is 0 Å². The van der Waals surface area contributed by atoms with Crippen LogP contribution in [-0.4, -0.2) is 25.7 Å². The van der Waals surface area contributed by atoms with Gasteiger partial charge in [0, 0.05) is 25.2 Å². The van der Waals surface area contributed by atoms with Crippen LogP contribution in [0.4, 0.5) is 10.1 Å². The monoisotopic (exact) mass is 294 g/mol. The highest BCUT2D eigenvalue weighted by atomic mass is 19.1. The Labute approximate surface area is 127 Å². The van der Waals surface area contributed by atoms with Gasteiger partial charge < -0.3 is 15.4 Å². The number of nitrogens with two attached hydrogens (primary N) is 1. The molecule has 1 aromatic rings. The average Bonchev–Trinajstić information content (AvgIpc) is 2.50. The fourth-order valence-electron chi connectivity index (χ4n) is 2.73. The molecule has 0 bridgehead atoms. The summed E-state index contributed by atoms with van der Waals surface area (Å²) in [7, 11) is 0. The highest BCUT2D eigenvalue weighted by molar-refractivity contribution is 5.59. The summed E-state index contributed by atoms with van der Waals surface area (Å²) in [6.45, 7) is 6.78. The Morgan fingerprint density at radius 1 is 1.29 bits per heavy atom. The first-order valence-electron chi connectivity index (χ1n) is 8.06. The number of anilines is 1. The summed E-state index contributed by atoms with van der Waals surface area (Å²) in [5.74, 6) is 1.13. The minimum absolute atomic E-state index is 0.213. The predicted molar refractivity (Wildman–Crippen MR) is 85.4 cm³/mol. The Balaban J connectivity index is 2.10. The van der Waals surface area contributed by atoms with E-state index in [9.17, 15) is 4.39 Å². The molecular formula is C17H27FN2O. The number of halogens is 1. The molecule has 1 aromatic carbocycles. The van der Waals surface area contributed by atoms with E-state index in [-0.39, 0.29) is 11.9 Å². The third-order valence-corrected chi connectivity index (χ3v) is 4.43. The van der Waals surface area contributed by atoms with Crippen LogP contribution in [-0.2, 0) is 0 Å². The van der Waals surface area contributed by atoms with Crippen LogP contribution in [0.15, 0.2) is 18.2 Å². The van der Waals surface area contributed by atoms with Gasteiger partial charge in [0.2, 0.25) is 0 Å². The van der Waals surface area contributed by atoms with Crippen LogP contribution in [0.25, 0.3) is 0 Å². The van der Waals surface area contributed by atoms with Gasteiger partial charge in [-0.15, -0.1) is 0 Å². The molecule has 3 nitrogen and oxygen atoms in total. The van der Waals surface area contributed by atoms with Gasteiger partial charge in [-0.1, -0.05) is 26.7 Å². The molecule has 1 heterocycles. The quantitative estimate of drug-likeness (QED) is 0.871. The molecule has 0 aromatic heterocycles. The molecule has 2 N–H and O–H groups in total. The second-order valence-corrected chi connectivity index (χ2v) is 5.93. The zero-order valence-electron chi connectivity index (χ0n) is 13.1. The standard InChI is InChI=1S/C17H27FN2O/c1-3-13(4-2)12-21-17-6-5-14(18)11-16(17)20-9-7-15(19)8-10-20/h5-6,11,13,15H,3-4,7-10,12,19H2,1-2H3. The Kier molecular flexibility index (Phi) is 5.85.